The van der Waals surface area contributed by atoms with Gasteiger partial charge in [-0.05, 0) is 33.1 Å². The molecule has 3 heteroatoms. The molecule has 1 fully saturated rings. The van der Waals surface area contributed by atoms with Crippen molar-refractivity contribution in [3.05, 3.63) is 0 Å². The van der Waals surface area contributed by atoms with E-state index < -0.39 is 0 Å². The van der Waals surface area contributed by atoms with E-state index in [2.05, 4.69) is 25.1 Å². The first-order chi connectivity index (χ1) is 5.57. The topological polar surface area (TPSA) is 29.3 Å². The van der Waals surface area contributed by atoms with Gasteiger partial charge in [-0.1, -0.05) is 0 Å². The molecule has 0 radical (unpaired) electrons. The third-order valence-electron chi connectivity index (χ3n) is 2.62. The summed E-state index contributed by atoms with van der Waals surface area (Å²) in [4.78, 5) is 2.38. The smallest absolute Gasteiger partial charge is 0.0284 e. The van der Waals surface area contributed by atoms with Crippen LogP contribution in [0.25, 0.3) is 0 Å². The Kier molecular flexibility index (Phi) is 3.44. The average molecular weight is 188 g/mol. The molecule has 2 nitrogen and oxygen atoms in total. The molecule has 0 saturated heterocycles. The predicted molar refractivity (Wildman–Crippen MR) is 56.6 cm³/mol. The van der Waals surface area contributed by atoms with Gasteiger partial charge in [0, 0.05) is 23.9 Å². The molecule has 1 unspecified atom stereocenters. The lowest BCUT2D eigenvalue weighted by Crippen LogP contribution is -2.42. The lowest BCUT2D eigenvalue weighted by molar-refractivity contribution is 0.254. The number of hydrogen-bond acceptors (Lipinski definition) is 3. The van der Waals surface area contributed by atoms with Crippen molar-refractivity contribution in [3.8, 4) is 0 Å². The van der Waals surface area contributed by atoms with Crippen LogP contribution in [0.1, 0.15) is 19.8 Å². The molecule has 1 aliphatic rings. The van der Waals surface area contributed by atoms with Crippen LogP contribution in [0.2, 0.25) is 0 Å². The molecule has 12 heavy (non-hydrogen) atoms. The molecule has 0 aromatic rings. The van der Waals surface area contributed by atoms with E-state index in [9.17, 15) is 0 Å². The molecule has 1 atom stereocenters. The van der Waals surface area contributed by atoms with E-state index in [1.165, 1.54) is 18.6 Å². The number of thioether (sulfide) groups is 1. The highest BCUT2D eigenvalue weighted by molar-refractivity contribution is 7.98. The maximum absolute atomic E-state index is 6.03. The summed E-state index contributed by atoms with van der Waals surface area (Å²) in [6.45, 7) is 3.33. The van der Waals surface area contributed by atoms with E-state index >= 15 is 0 Å². The molecule has 2 N–H and O–H groups in total. The summed E-state index contributed by atoms with van der Waals surface area (Å²) in [7, 11) is 2.17. The summed E-state index contributed by atoms with van der Waals surface area (Å²) in [6, 6.07) is 0.654. The second-order valence-corrected chi connectivity index (χ2v) is 4.99. The maximum Gasteiger partial charge on any atom is 0.0284 e. The summed E-state index contributed by atoms with van der Waals surface area (Å²) in [5.74, 6) is 1.20. The zero-order valence-electron chi connectivity index (χ0n) is 8.34. The Morgan fingerprint density at radius 3 is 2.58 bits per heavy atom. The minimum absolute atomic E-state index is 0.168. The molecule has 1 saturated carbocycles. The summed E-state index contributed by atoms with van der Waals surface area (Å²) in [5, 5.41) is 0. The lowest BCUT2D eigenvalue weighted by Gasteiger charge is -2.26. The second kappa shape index (κ2) is 3.99. The van der Waals surface area contributed by atoms with E-state index in [-0.39, 0.29) is 5.54 Å². The highest BCUT2D eigenvalue weighted by Crippen LogP contribution is 2.33. The molecule has 1 rings (SSSR count). The Labute approximate surface area is 79.9 Å². The first kappa shape index (κ1) is 10.4. The van der Waals surface area contributed by atoms with Crippen LogP contribution in [0, 0.1) is 0 Å². The largest absolute Gasteiger partial charge is 0.324 e. The van der Waals surface area contributed by atoms with E-state index in [4.69, 9.17) is 5.73 Å². The highest BCUT2D eigenvalue weighted by atomic mass is 32.2. The Morgan fingerprint density at radius 1 is 1.58 bits per heavy atom. The van der Waals surface area contributed by atoms with Crippen molar-refractivity contribution < 1.29 is 0 Å². The van der Waals surface area contributed by atoms with E-state index in [1.54, 1.807) is 0 Å². The van der Waals surface area contributed by atoms with Gasteiger partial charge in [0.15, 0.2) is 0 Å². The molecule has 0 aliphatic heterocycles. The Balaban J connectivity index is 2.22. The highest BCUT2D eigenvalue weighted by Gasteiger charge is 2.39. The van der Waals surface area contributed by atoms with Crippen molar-refractivity contribution in [1.29, 1.82) is 0 Å². The van der Waals surface area contributed by atoms with Crippen molar-refractivity contribution in [2.24, 2.45) is 5.73 Å². The molecule has 0 aromatic heterocycles. The van der Waals surface area contributed by atoms with Crippen molar-refractivity contribution in [3.63, 3.8) is 0 Å². The third kappa shape index (κ3) is 2.96. The number of nitrogens with two attached hydrogens (primary N) is 1. The van der Waals surface area contributed by atoms with Gasteiger partial charge in [-0.15, -0.1) is 0 Å². The van der Waals surface area contributed by atoms with Crippen LogP contribution in [-0.2, 0) is 0 Å². The first-order valence-electron chi connectivity index (χ1n) is 4.55. The average Bonchev–Trinajstić information content (AvgIpc) is 2.68. The van der Waals surface area contributed by atoms with Gasteiger partial charge in [0.05, 0.1) is 0 Å². The van der Waals surface area contributed by atoms with Gasteiger partial charge < -0.3 is 10.6 Å². The Morgan fingerprint density at radius 2 is 2.17 bits per heavy atom. The zero-order chi connectivity index (χ0) is 9.19. The fourth-order valence-corrected chi connectivity index (χ4v) is 2.08. The third-order valence-corrected chi connectivity index (χ3v) is 3.43. The normalized spacial score (nSPS) is 22.8. The molecule has 72 valence electrons. The van der Waals surface area contributed by atoms with Gasteiger partial charge >= 0.3 is 0 Å². The van der Waals surface area contributed by atoms with Gasteiger partial charge in [0.25, 0.3) is 0 Å². The van der Waals surface area contributed by atoms with Gasteiger partial charge in [-0.2, -0.15) is 11.8 Å². The van der Waals surface area contributed by atoms with Crippen LogP contribution in [-0.4, -0.2) is 42.1 Å². The van der Waals surface area contributed by atoms with Crippen LogP contribution in [0.3, 0.4) is 0 Å². The van der Waals surface area contributed by atoms with Gasteiger partial charge in [0.2, 0.25) is 0 Å². The summed E-state index contributed by atoms with van der Waals surface area (Å²) in [5.41, 5.74) is 6.20. The zero-order valence-corrected chi connectivity index (χ0v) is 9.16. The van der Waals surface area contributed by atoms with Crippen LogP contribution in [0.4, 0.5) is 0 Å². The molecular weight excluding hydrogens is 168 g/mol. The van der Waals surface area contributed by atoms with Crippen LogP contribution < -0.4 is 5.73 Å². The quantitative estimate of drug-likeness (QED) is 0.702. The fraction of sp³-hybridized carbons (Fsp3) is 1.00. The summed E-state index contributed by atoms with van der Waals surface area (Å²) < 4.78 is 0. The van der Waals surface area contributed by atoms with E-state index in [1.807, 2.05) is 11.8 Å². The van der Waals surface area contributed by atoms with Gasteiger partial charge in [0.1, 0.15) is 0 Å². The predicted octanol–water partition coefficient (Wildman–Crippen LogP) is 1.16. The number of rotatable bonds is 5. The van der Waals surface area contributed by atoms with Crippen molar-refractivity contribution in [2.45, 2.75) is 31.3 Å². The van der Waals surface area contributed by atoms with Crippen LogP contribution in [0.5, 0.6) is 0 Å². The minimum atomic E-state index is 0.168. The number of hydrogen-bond donors (Lipinski definition) is 1. The molecular formula is C9H20N2S. The number of nitrogens with zero attached hydrogens (tertiary/aromatic N) is 1. The molecule has 0 bridgehead atoms. The van der Waals surface area contributed by atoms with E-state index in [0.29, 0.717) is 6.04 Å². The lowest BCUT2D eigenvalue weighted by atomic mass is 10.2. The standard InChI is InChI=1S/C9H20N2S/c1-8(6-12-3)11(2)7-9(10)4-5-9/h8H,4-7,10H2,1-3H3. The Bertz CT molecular complexity index is 145. The molecule has 1 aliphatic carbocycles. The van der Waals surface area contributed by atoms with Crippen LogP contribution >= 0.6 is 11.8 Å². The summed E-state index contributed by atoms with van der Waals surface area (Å²) >= 11 is 1.90. The number of likely N-dealkylation sites (N-methyl/N-ethyl adjacent to an activating group) is 1. The van der Waals surface area contributed by atoms with Crippen molar-refractivity contribution in [1.82, 2.24) is 4.90 Å². The Hall–Kier alpha value is 0.270. The molecule has 0 spiro atoms. The van der Waals surface area contributed by atoms with Crippen LogP contribution in [0.15, 0.2) is 0 Å². The molecule has 0 heterocycles. The monoisotopic (exact) mass is 188 g/mol. The second-order valence-electron chi connectivity index (χ2n) is 4.08. The van der Waals surface area contributed by atoms with E-state index in [0.717, 1.165) is 6.54 Å². The SMILES string of the molecule is CSCC(C)N(C)CC1(N)CC1. The van der Waals surface area contributed by atoms with Gasteiger partial charge in [-0.25, -0.2) is 0 Å². The fourth-order valence-electron chi connectivity index (χ4n) is 1.34. The minimum Gasteiger partial charge on any atom is -0.324 e. The van der Waals surface area contributed by atoms with Crippen molar-refractivity contribution >= 4 is 11.8 Å². The first-order valence-corrected chi connectivity index (χ1v) is 5.95. The van der Waals surface area contributed by atoms with Crippen molar-refractivity contribution in [2.75, 3.05) is 25.6 Å². The molecule has 0 aromatic carbocycles. The van der Waals surface area contributed by atoms with Gasteiger partial charge in [-0.3, -0.25) is 0 Å². The summed E-state index contributed by atoms with van der Waals surface area (Å²) in [6.07, 6.45) is 4.58. The maximum atomic E-state index is 6.03. The molecule has 0 amide bonds.